The number of aryl methyl sites for hydroxylation is 2. The highest BCUT2D eigenvalue weighted by molar-refractivity contribution is 5.79. The van der Waals surface area contributed by atoms with Crippen LogP contribution in [0.15, 0.2) is 48.5 Å². The van der Waals surface area contributed by atoms with Gasteiger partial charge in [0.15, 0.2) is 0 Å². The second-order valence-corrected chi connectivity index (χ2v) is 7.34. The van der Waals surface area contributed by atoms with E-state index in [2.05, 4.69) is 53.5 Å². The molecule has 0 unspecified atom stereocenters. The monoisotopic (exact) mass is 366 g/mol. The summed E-state index contributed by atoms with van der Waals surface area (Å²) in [5, 5.41) is 3.13. The fraction of sp³-hybridized carbons (Fsp3) is 0.435. The van der Waals surface area contributed by atoms with E-state index >= 15 is 0 Å². The number of hydrogen-bond donors (Lipinski definition) is 1. The Bertz CT molecular complexity index is 717. The number of methoxy groups -OCH3 is 1. The highest BCUT2D eigenvalue weighted by Crippen LogP contribution is 2.23. The molecule has 0 aromatic heterocycles. The number of ether oxygens (including phenoxy) is 1. The summed E-state index contributed by atoms with van der Waals surface area (Å²) in [6, 6.07) is 16.8. The third kappa shape index (κ3) is 5.49. The number of nitrogens with one attached hydrogen (secondary N) is 1. The molecule has 1 fully saturated rings. The van der Waals surface area contributed by atoms with Gasteiger partial charge in [-0.3, -0.25) is 4.79 Å². The van der Waals surface area contributed by atoms with E-state index in [1.54, 1.807) is 7.11 Å². The number of amides is 1. The molecule has 27 heavy (non-hydrogen) atoms. The SMILES string of the molecule is COc1ccc(CCCNC(=O)C2CCN(c3ccc(C)cc3)CC2)cc1. The topological polar surface area (TPSA) is 41.6 Å². The van der Waals surface area contributed by atoms with Crippen molar-refractivity contribution in [3.8, 4) is 5.75 Å². The predicted octanol–water partition coefficient (Wildman–Crippen LogP) is 3.97. The van der Waals surface area contributed by atoms with E-state index in [0.717, 1.165) is 51.1 Å². The first-order valence-corrected chi connectivity index (χ1v) is 9.88. The first kappa shape index (κ1) is 19.3. The second kappa shape index (κ2) is 9.45. The number of piperidine rings is 1. The van der Waals surface area contributed by atoms with Crippen LogP contribution in [0.5, 0.6) is 5.75 Å². The van der Waals surface area contributed by atoms with Gasteiger partial charge >= 0.3 is 0 Å². The van der Waals surface area contributed by atoms with Gasteiger partial charge in [-0.1, -0.05) is 29.8 Å². The van der Waals surface area contributed by atoms with E-state index in [1.165, 1.54) is 16.8 Å². The lowest BCUT2D eigenvalue weighted by atomic mass is 9.95. The third-order valence-corrected chi connectivity index (χ3v) is 5.37. The number of hydrogen-bond acceptors (Lipinski definition) is 3. The minimum absolute atomic E-state index is 0.146. The molecule has 1 amide bonds. The van der Waals surface area contributed by atoms with E-state index in [4.69, 9.17) is 4.74 Å². The normalized spacial score (nSPS) is 14.8. The van der Waals surface area contributed by atoms with Crippen molar-refractivity contribution in [2.45, 2.75) is 32.6 Å². The highest BCUT2D eigenvalue weighted by atomic mass is 16.5. The molecule has 0 radical (unpaired) electrons. The first-order chi connectivity index (χ1) is 13.2. The number of carbonyl (C=O) groups is 1. The molecule has 4 heteroatoms. The lowest BCUT2D eigenvalue weighted by Crippen LogP contribution is -2.40. The van der Waals surface area contributed by atoms with Crippen LogP contribution in [-0.4, -0.2) is 32.7 Å². The summed E-state index contributed by atoms with van der Waals surface area (Å²) in [6.45, 7) is 4.75. The maximum Gasteiger partial charge on any atom is 0.223 e. The minimum atomic E-state index is 0.146. The van der Waals surface area contributed by atoms with Crippen LogP contribution in [-0.2, 0) is 11.2 Å². The molecule has 1 aliphatic rings. The van der Waals surface area contributed by atoms with Crippen LogP contribution in [0, 0.1) is 12.8 Å². The molecule has 1 N–H and O–H groups in total. The fourth-order valence-electron chi connectivity index (χ4n) is 3.60. The lowest BCUT2D eigenvalue weighted by Gasteiger charge is -2.33. The van der Waals surface area contributed by atoms with Gasteiger partial charge in [-0.25, -0.2) is 0 Å². The number of benzene rings is 2. The standard InChI is InChI=1S/C23H30N2O2/c1-18-5-9-21(10-6-18)25-16-13-20(14-17-25)23(26)24-15-3-4-19-7-11-22(27-2)12-8-19/h5-12,20H,3-4,13-17H2,1-2H3,(H,24,26). The van der Waals surface area contributed by atoms with Crippen molar-refractivity contribution in [2.75, 3.05) is 31.6 Å². The molecule has 0 bridgehead atoms. The summed E-state index contributed by atoms with van der Waals surface area (Å²) in [5.41, 5.74) is 3.82. The Morgan fingerprint density at radius 1 is 1.07 bits per heavy atom. The summed E-state index contributed by atoms with van der Waals surface area (Å²) in [6.07, 6.45) is 3.78. The van der Waals surface area contributed by atoms with Crippen LogP contribution in [0.25, 0.3) is 0 Å². The van der Waals surface area contributed by atoms with E-state index in [1.807, 2.05) is 12.1 Å². The van der Waals surface area contributed by atoms with Crippen molar-refractivity contribution in [2.24, 2.45) is 5.92 Å². The van der Waals surface area contributed by atoms with Crippen molar-refractivity contribution in [3.05, 3.63) is 59.7 Å². The van der Waals surface area contributed by atoms with Gasteiger partial charge in [0.25, 0.3) is 0 Å². The van der Waals surface area contributed by atoms with Crippen molar-refractivity contribution in [1.82, 2.24) is 5.32 Å². The lowest BCUT2D eigenvalue weighted by molar-refractivity contribution is -0.125. The molecule has 0 aliphatic carbocycles. The van der Waals surface area contributed by atoms with Gasteiger partial charge in [0.1, 0.15) is 5.75 Å². The Balaban J connectivity index is 1.36. The Kier molecular flexibility index (Phi) is 6.74. The molecule has 0 saturated carbocycles. The van der Waals surface area contributed by atoms with E-state index in [9.17, 15) is 4.79 Å². The average Bonchev–Trinajstić information content (AvgIpc) is 2.72. The first-order valence-electron chi connectivity index (χ1n) is 9.88. The Morgan fingerprint density at radius 2 is 1.74 bits per heavy atom. The molecule has 2 aromatic carbocycles. The second-order valence-electron chi connectivity index (χ2n) is 7.34. The molecule has 1 saturated heterocycles. The van der Waals surface area contributed by atoms with Crippen LogP contribution in [0.3, 0.4) is 0 Å². The van der Waals surface area contributed by atoms with Crippen molar-refractivity contribution in [1.29, 1.82) is 0 Å². The summed E-state index contributed by atoms with van der Waals surface area (Å²) in [5.74, 6) is 1.24. The smallest absolute Gasteiger partial charge is 0.223 e. The molecule has 3 rings (SSSR count). The van der Waals surface area contributed by atoms with E-state index in [0.29, 0.717) is 0 Å². The highest BCUT2D eigenvalue weighted by Gasteiger charge is 2.24. The summed E-state index contributed by atoms with van der Waals surface area (Å²) in [4.78, 5) is 14.8. The van der Waals surface area contributed by atoms with E-state index < -0.39 is 0 Å². The number of rotatable bonds is 7. The van der Waals surface area contributed by atoms with Gasteiger partial charge in [-0.2, -0.15) is 0 Å². The molecule has 2 aromatic rings. The third-order valence-electron chi connectivity index (χ3n) is 5.37. The average molecular weight is 367 g/mol. The van der Waals surface area contributed by atoms with Gasteiger partial charge in [0.2, 0.25) is 5.91 Å². The van der Waals surface area contributed by atoms with Gasteiger partial charge in [-0.15, -0.1) is 0 Å². The maximum atomic E-state index is 12.4. The molecule has 1 heterocycles. The molecule has 144 valence electrons. The number of carbonyl (C=O) groups excluding carboxylic acids is 1. The fourth-order valence-corrected chi connectivity index (χ4v) is 3.60. The van der Waals surface area contributed by atoms with Gasteiger partial charge < -0.3 is 15.0 Å². The van der Waals surface area contributed by atoms with Gasteiger partial charge in [0.05, 0.1) is 7.11 Å². The predicted molar refractivity (Wildman–Crippen MR) is 110 cm³/mol. The van der Waals surface area contributed by atoms with Crippen LogP contribution in [0.4, 0.5) is 5.69 Å². The van der Waals surface area contributed by atoms with Crippen molar-refractivity contribution < 1.29 is 9.53 Å². The number of nitrogens with zero attached hydrogens (tertiary/aromatic N) is 1. The van der Waals surface area contributed by atoms with Crippen molar-refractivity contribution in [3.63, 3.8) is 0 Å². The minimum Gasteiger partial charge on any atom is -0.497 e. The summed E-state index contributed by atoms with van der Waals surface area (Å²) >= 11 is 0. The molecule has 4 nitrogen and oxygen atoms in total. The van der Waals surface area contributed by atoms with Crippen molar-refractivity contribution >= 4 is 11.6 Å². The van der Waals surface area contributed by atoms with Gasteiger partial charge in [-0.05, 0) is 62.4 Å². The van der Waals surface area contributed by atoms with Crippen LogP contribution >= 0.6 is 0 Å². The zero-order chi connectivity index (χ0) is 19.1. The Morgan fingerprint density at radius 3 is 2.37 bits per heavy atom. The van der Waals surface area contributed by atoms with Crippen LogP contribution in [0.1, 0.15) is 30.4 Å². The summed E-state index contributed by atoms with van der Waals surface area (Å²) < 4.78 is 5.17. The summed E-state index contributed by atoms with van der Waals surface area (Å²) in [7, 11) is 1.68. The Hall–Kier alpha value is -2.49. The molecule has 1 aliphatic heterocycles. The molecular formula is C23H30N2O2. The maximum absolute atomic E-state index is 12.4. The molecule has 0 atom stereocenters. The van der Waals surface area contributed by atoms with Gasteiger partial charge in [0, 0.05) is 31.2 Å². The number of anilines is 1. The zero-order valence-corrected chi connectivity index (χ0v) is 16.4. The largest absolute Gasteiger partial charge is 0.497 e. The molecule has 0 spiro atoms. The van der Waals surface area contributed by atoms with Crippen LogP contribution in [0.2, 0.25) is 0 Å². The van der Waals surface area contributed by atoms with E-state index in [-0.39, 0.29) is 11.8 Å². The quantitative estimate of drug-likeness (QED) is 0.754. The Labute approximate surface area is 162 Å². The molecular weight excluding hydrogens is 336 g/mol. The zero-order valence-electron chi connectivity index (χ0n) is 16.4. The van der Waals surface area contributed by atoms with Crippen LogP contribution < -0.4 is 15.0 Å².